The van der Waals surface area contributed by atoms with Crippen molar-refractivity contribution in [2.75, 3.05) is 25.6 Å². The fourth-order valence-electron chi connectivity index (χ4n) is 3.44. The van der Waals surface area contributed by atoms with Crippen molar-refractivity contribution in [2.45, 2.75) is 45.3 Å². The number of carbonyl (C=O) groups is 1. The maximum Gasteiger partial charge on any atom is 0.337 e. The average Bonchev–Trinajstić information content (AvgIpc) is 2.64. The number of nitrogens with zero attached hydrogens (tertiary/aromatic N) is 1. The Balaban J connectivity index is 2.14. The predicted octanol–water partition coefficient (Wildman–Crippen LogP) is 4.69. The summed E-state index contributed by atoms with van der Waals surface area (Å²) >= 11 is 0. The second-order valence-corrected chi connectivity index (χ2v) is 8.39. The predicted molar refractivity (Wildman–Crippen MR) is 111 cm³/mol. The molecule has 28 heavy (non-hydrogen) atoms. The topological polar surface area (TPSA) is 59.0 Å². The normalized spacial score (nSPS) is 14.8. The van der Waals surface area contributed by atoms with Crippen LogP contribution in [0.15, 0.2) is 36.4 Å². The number of anilines is 1. The number of hydrogen-bond acceptors (Lipinski definition) is 4. The van der Waals surface area contributed by atoms with Gasteiger partial charge in [0.2, 0.25) is 0 Å². The van der Waals surface area contributed by atoms with Gasteiger partial charge in [0.15, 0.2) is 6.10 Å². The zero-order valence-corrected chi connectivity index (χ0v) is 17.3. The Morgan fingerprint density at radius 2 is 1.93 bits per heavy atom. The van der Waals surface area contributed by atoms with Crippen molar-refractivity contribution >= 4 is 11.7 Å². The number of aryl methyl sites for hydroxylation is 1. The summed E-state index contributed by atoms with van der Waals surface area (Å²) in [6, 6.07) is 12.0. The fourth-order valence-corrected chi connectivity index (χ4v) is 3.44. The summed E-state index contributed by atoms with van der Waals surface area (Å²) in [5.41, 5.74) is 4.02. The van der Waals surface area contributed by atoms with E-state index >= 15 is 0 Å². The van der Waals surface area contributed by atoms with Gasteiger partial charge >= 0.3 is 5.97 Å². The lowest BCUT2D eigenvalue weighted by Gasteiger charge is -2.28. The third kappa shape index (κ3) is 4.47. The minimum Gasteiger partial charge on any atom is -0.493 e. The molecule has 0 aromatic heterocycles. The third-order valence-electron chi connectivity index (χ3n) is 4.75. The van der Waals surface area contributed by atoms with Crippen molar-refractivity contribution in [3.63, 3.8) is 0 Å². The summed E-state index contributed by atoms with van der Waals surface area (Å²) in [6.45, 7) is 6.35. The molecule has 0 aliphatic carbocycles. The maximum absolute atomic E-state index is 12.1. The number of carboxylic acids is 1. The van der Waals surface area contributed by atoms with E-state index in [4.69, 9.17) is 9.47 Å². The highest BCUT2D eigenvalue weighted by molar-refractivity contribution is 5.81. The van der Waals surface area contributed by atoms with E-state index in [0.29, 0.717) is 5.56 Å². The SMILES string of the molecule is CN(C)c1ccc(-c2ccc3c(c2)CCCO3)c(C(OC(C)(C)C)C(=O)O)c1. The molecule has 3 rings (SSSR count). The molecular formula is C23H29NO4. The molecule has 2 aromatic rings. The summed E-state index contributed by atoms with van der Waals surface area (Å²) in [4.78, 5) is 14.1. The van der Waals surface area contributed by atoms with Crippen LogP contribution in [0, 0.1) is 0 Å². The molecule has 1 heterocycles. The molecule has 0 saturated carbocycles. The fraction of sp³-hybridized carbons (Fsp3) is 0.435. The van der Waals surface area contributed by atoms with E-state index in [1.807, 2.05) is 70.1 Å². The van der Waals surface area contributed by atoms with Crippen molar-refractivity contribution < 1.29 is 19.4 Å². The van der Waals surface area contributed by atoms with E-state index in [-0.39, 0.29) is 0 Å². The molecule has 5 heteroatoms. The van der Waals surface area contributed by atoms with E-state index in [2.05, 4.69) is 6.07 Å². The first-order valence-corrected chi connectivity index (χ1v) is 9.64. The summed E-state index contributed by atoms with van der Waals surface area (Å²) < 4.78 is 11.7. The Labute approximate surface area is 166 Å². The molecule has 0 amide bonds. The minimum absolute atomic E-state index is 0.585. The number of fused-ring (bicyclic) bond motifs is 1. The second-order valence-electron chi connectivity index (χ2n) is 8.39. The Hall–Kier alpha value is -2.53. The quantitative estimate of drug-likeness (QED) is 0.812. The molecule has 2 aromatic carbocycles. The largest absolute Gasteiger partial charge is 0.493 e. The Kier molecular flexibility index (Phi) is 5.66. The van der Waals surface area contributed by atoms with E-state index in [9.17, 15) is 9.90 Å². The summed E-state index contributed by atoms with van der Waals surface area (Å²) in [6.07, 6.45) is 0.908. The van der Waals surface area contributed by atoms with Gasteiger partial charge in [-0.1, -0.05) is 12.1 Å². The standard InChI is InChI=1S/C23H29NO4/c1-23(2,3)28-21(22(25)26)19-14-17(24(4)5)9-10-18(19)15-8-11-20-16(13-15)7-6-12-27-20/h8-11,13-14,21H,6-7,12H2,1-5H3,(H,25,26). The first kappa shape index (κ1) is 20.2. The van der Waals surface area contributed by atoms with Crippen molar-refractivity contribution in [2.24, 2.45) is 0 Å². The molecule has 0 spiro atoms. The summed E-state index contributed by atoms with van der Waals surface area (Å²) in [5, 5.41) is 9.92. The van der Waals surface area contributed by atoms with Gasteiger partial charge in [0.1, 0.15) is 5.75 Å². The molecule has 1 atom stereocenters. The first-order chi connectivity index (χ1) is 13.2. The average molecular weight is 383 g/mol. The highest BCUT2D eigenvalue weighted by Crippen LogP contribution is 2.37. The lowest BCUT2D eigenvalue weighted by atomic mass is 9.92. The first-order valence-electron chi connectivity index (χ1n) is 9.64. The van der Waals surface area contributed by atoms with Crippen LogP contribution in [0.25, 0.3) is 11.1 Å². The monoisotopic (exact) mass is 383 g/mol. The van der Waals surface area contributed by atoms with Gasteiger partial charge in [-0.15, -0.1) is 0 Å². The van der Waals surface area contributed by atoms with Crippen LogP contribution in [-0.2, 0) is 16.0 Å². The van der Waals surface area contributed by atoms with Crippen LogP contribution < -0.4 is 9.64 Å². The lowest BCUT2D eigenvalue weighted by molar-refractivity contribution is -0.160. The van der Waals surface area contributed by atoms with Crippen LogP contribution in [0.3, 0.4) is 0 Å². The molecule has 0 saturated heterocycles. The number of benzene rings is 2. The number of carboxylic acid groups (broad SMARTS) is 1. The van der Waals surface area contributed by atoms with Gasteiger partial charge in [0, 0.05) is 25.3 Å². The molecule has 150 valence electrons. The number of hydrogen-bond donors (Lipinski definition) is 1. The van der Waals surface area contributed by atoms with Crippen LogP contribution in [0.2, 0.25) is 0 Å². The van der Waals surface area contributed by atoms with E-state index in [1.165, 1.54) is 0 Å². The highest BCUT2D eigenvalue weighted by atomic mass is 16.5. The molecule has 0 bridgehead atoms. The van der Waals surface area contributed by atoms with Crippen LogP contribution in [0.5, 0.6) is 5.75 Å². The van der Waals surface area contributed by atoms with Gasteiger partial charge in [-0.25, -0.2) is 4.79 Å². The minimum atomic E-state index is -1.05. The Morgan fingerprint density at radius 3 is 2.57 bits per heavy atom. The van der Waals surface area contributed by atoms with Gasteiger partial charge in [-0.3, -0.25) is 0 Å². The van der Waals surface area contributed by atoms with E-state index in [0.717, 1.165) is 47.6 Å². The van der Waals surface area contributed by atoms with Gasteiger partial charge < -0.3 is 19.5 Å². The van der Waals surface area contributed by atoms with Crippen LogP contribution in [0.1, 0.15) is 44.4 Å². The molecule has 1 N–H and O–H groups in total. The zero-order chi connectivity index (χ0) is 20.5. The number of rotatable bonds is 5. The smallest absolute Gasteiger partial charge is 0.337 e. The summed E-state index contributed by atoms with van der Waals surface area (Å²) in [7, 11) is 3.88. The third-order valence-corrected chi connectivity index (χ3v) is 4.75. The van der Waals surface area contributed by atoms with Gasteiger partial charge in [0.05, 0.1) is 12.2 Å². The van der Waals surface area contributed by atoms with Gasteiger partial charge in [0.25, 0.3) is 0 Å². The number of ether oxygens (including phenoxy) is 2. The van der Waals surface area contributed by atoms with Gasteiger partial charge in [-0.05, 0) is 74.6 Å². The zero-order valence-electron chi connectivity index (χ0n) is 17.3. The number of aliphatic carboxylic acids is 1. The van der Waals surface area contributed by atoms with E-state index < -0.39 is 17.7 Å². The molecule has 1 unspecified atom stereocenters. The summed E-state index contributed by atoms with van der Waals surface area (Å²) in [5.74, 6) is -0.0736. The Bertz CT molecular complexity index is 867. The maximum atomic E-state index is 12.1. The molecule has 0 radical (unpaired) electrons. The van der Waals surface area contributed by atoms with Crippen molar-refractivity contribution in [3.05, 3.63) is 47.5 Å². The Morgan fingerprint density at radius 1 is 1.18 bits per heavy atom. The van der Waals surface area contributed by atoms with Gasteiger partial charge in [-0.2, -0.15) is 0 Å². The highest BCUT2D eigenvalue weighted by Gasteiger charge is 2.29. The van der Waals surface area contributed by atoms with Crippen molar-refractivity contribution in [1.82, 2.24) is 0 Å². The molecular weight excluding hydrogens is 354 g/mol. The molecule has 1 aliphatic rings. The van der Waals surface area contributed by atoms with Crippen LogP contribution in [0.4, 0.5) is 5.69 Å². The van der Waals surface area contributed by atoms with Crippen molar-refractivity contribution in [1.29, 1.82) is 0 Å². The van der Waals surface area contributed by atoms with Crippen molar-refractivity contribution in [3.8, 4) is 16.9 Å². The lowest BCUT2D eigenvalue weighted by Crippen LogP contribution is -2.28. The second kappa shape index (κ2) is 7.84. The molecule has 1 aliphatic heterocycles. The molecule has 0 fully saturated rings. The van der Waals surface area contributed by atoms with E-state index in [1.54, 1.807) is 0 Å². The van der Waals surface area contributed by atoms with Crippen LogP contribution >= 0.6 is 0 Å². The van der Waals surface area contributed by atoms with Crippen LogP contribution in [-0.4, -0.2) is 37.4 Å². The molecule has 5 nitrogen and oxygen atoms in total.